The van der Waals surface area contributed by atoms with Gasteiger partial charge in [-0.3, -0.25) is 0 Å². The van der Waals surface area contributed by atoms with Crippen molar-refractivity contribution in [1.82, 2.24) is 5.16 Å². The van der Waals surface area contributed by atoms with Crippen molar-refractivity contribution in [2.24, 2.45) is 0 Å². The molecule has 0 aliphatic carbocycles. The van der Waals surface area contributed by atoms with Crippen LogP contribution in [-0.2, 0) is 0 Å². The molecular weight excluding hydrogens is 324 g/mol. The monoisotopic (exact) mass is 325 g/mol. The van der Waals surface area contributed by atoms with E-state index >= 15 is 0 Å². The van der Waals surface area contributed by atoms with E-state index in [1.807, 2.05) is 0 Å². The largest absolute Gasteiger partial charge is 0.347 e. The van der Waals surface area contributed by atoms with Gasteiger partial charge < -0.3 is 4.52 Å². The molecule has 0 bridgehead atoms. The van der Waals surface area contributed by atoms with E-state index in [1.165, 1.54) is 0 Å². The Morgan fingerprint density at radius 2 is 1.87 bits per heavy atom. The van der Waals surface area contributed by atoms with Gasteiger partial charge >= 0.3 is 0 Å². The summed E-state index contributed by atoms with van der Waals surface area (Å²) in [6.45, 7) is 0. The molecule has 0 saturated heterocycles. The van der Waals surface area contributed by atoms with E-state index in [-0.39, 0.29) is 0 Å². The van der Waals surface area contributed by atoms with Crippen molar-refractivity contribution < 1.29 is 4.52 Å². The summed E-state index contributed by atoms with van der Waals surface area (Å²) in [5.41, 5.74) is 1.28. The maximum absolute atomic E-state index is 5.96. The van der Waals surface area contributed by atoms with Gasteiger partial charge in [-0.2, -0.15) is 0 Å². The molecule has 0 unspecified atom stereocenters. The number of nitrogens with zero attached hydrogens (tertiary/aromatic N) is 1. The molecule has 0 amide bonds. The molecule has 0 aliphatic heterocycles. The molecule has 0 fully saturated rings. The fourth-order valence-corrected chi connectivity index (χ4v) is 1.82. The predicted octanol–water partition coefficient (Wildman–Crippen LogP) is 5.06. The Morgan fingerprint density at radius 3 is 2.40 bits per heavy atom. The SMILES string of the molecule is Clc1ccc(-c2noc(Br)c2Cl)cc1Cl. The van der Waals surface area contributed by atoms with Crippen LogP contribution in [0.15, 0.2) is 27.4 Å². The van der Waals surface area contributed by atoms with Gasteiger partial charge in [0.2, 0.25) is 4.67 Å². The Morgan fingerprint density at radius 1 is 1.13 bits per heavy atom. The fraction of sp³-hybridized carbons (Fsp3) is 0. The summed E-state index contributed by atoms with van der Waals surface area (Å²) in [4.78, 5) is 0. The first-order valence-corrected chi connectivity index (χ1v) is 5.78. The highest BCUT2D eigenvalue weighted by atomic mass is 79.9. The molecule has 2 nitrogen and oxygen atoms in total. The van der Waals surface area contributed by atoms with Crippen molar-refractivity contribution in [2.45, 2.75) is 0 Å². The van der Waals surface area contributed by atoms with Gasteiger partial charge in [0, 0.05) is 5.56 Å². The zero-order valence-corrected chi connectivity index (χ0v) is 11.0. The maximum Gasteiger partial charge on any atom is 0.221 e. The van der Waals surface area contributed by atoms with Gasteiger partial charge in [0.05, 0.1) is 10.0 Å². The van der Waals surface area contributed by atoms with E-state index in [9.17, 15) is 0 Å². The first-order valence-electron chi connectivity index (χ1n) is 3.85. The molecule has 1 aromatic heterocycles. The summed E-state index contributed by atoms with van der Waals surface area (Å²) >= 11 is 20.8. The third kappa shape index (κ3) is 2.16. The number of benzene rings is 1. The van der Waals surface area contributed by atoms with Gasteiger partial charge in [0.1, 0.15) is 10.7 Å². The van der Waals surface area contributed by atoms with Crippen LogP contribution < -0.4 is 0 Å². The van der Waals surface area contributed by atoms with Crippen LogP contribution in [0.4, 0.5) is 0 Å². The van der Waals surface area contributed by atoms with Gasteiger partial charge in [-0.05, 0) is 28.1 Å². The van der Waals surface area contributed by atoms with Gasteiger partial charge in [-0.1, -0.05) is 46.0 Å². The van der Waals surface area contributed by atoms with Gasteiger partial charge in [-0.25, -0.2) is 0 Å². The number of aromatic nitrogens is 1. The number of hydrogen-bond acceptors (Lipinski definition) is 2. The second kappa shape index (κ2) is 4.34. The van der Waals surface area contributed by atoms with Gasteiger partial charge in [-0.15, -0.1) is 0 Å². The Bertz CT molecular complexity index is 512. The average Bonchev–Trinajstić information content (AvgIpc) is 2.53. The molecule has 2 aromatic rings. The van der Waals surface area contributed by atoms with E-state index in [0.717, 1.165) is 5.56 Å². The van der Waals surface area contributed by atoms with Crippen molar-refractivity contribution in [1.29, 1.82) is 0 Å². The number of rotatable bonds is 1. The molecule has 15 heavy (non-hydrogen) atoms. The number of halogens is 4. The summed E-state index contributed by atoms with van der Waals surface area (Å²) in [5.74, 6) is 0. The zero-order chi connectivity index (χ0) is 11.0. The van der Waals surface area contributed by atoms with E-state index in [4.69, 9.17) is 39.3 Å². The van der Waals surface area contributed by atoms with E-state index in [0.29, 0.717) is 25.4 Å². The van der Waals surface area contributed by atoms with Crippen LogP contribution in [0.25, 0.3) is 11.3 Å². The van der Waals surface area contributed by atoms with Crippen LogP contribution in [0.5, 0.6) is 0 Å². The van der Waals surface area contributed by atoms with Crippen LogP contribution in [0.2, 0.25) is 15.1 Å². The summed E-state index contributed by atoms with van der Waals surface area (Å²) in [6.07, 6.45) is 0. The minimum Gasteiger partial charge on any atom is -0.347 e. The zero-order valence-electron chi connectivity index (χ0n) is 7.10. The Hall–Kier alpha value is -0.220. The lowest BCUT2D eigenvalue weighted by atomic mass is 10.1. The van der Waals surface area contributed by atoms with Crippen LogP contribution in [0.3, 0.4) is 0 Å². The van der Waals surface area contributed by atoms with Crippen LogP contribution >= 0.6 is 50.7 Å². The minimum atomic E-state index is 0.394. The second-order valence-electron chi connectivity index (χ2n) is 2.75. The third-order valence-corrected chi connectivity index (χ3v) is 3.65. The molecule has 2 rings (SSSR count). The average molecular weight is 327 g/mol. The van der Waals surface area contributed by atoms with Crippen LogP contribution in [-0.4, -0.2) is 5.16 Å². The lowest BCUT2D eigenvalue weighted by Crippen LogP contribution is -1.78. The van der Waals surface area contributed by atoms with Gasteiger partial charge in [0.15, 0.2) is 0 Å². The molecule has 0 radical (unpaired) electrons. The third-order valence-electron chi connectivity index (χ3n) is 1.79. The Labute approximate surface area is 109 Å². The highest BCUT2D eigenvalue weighted by Gasteiger charge is 2.14. The van der Waals surface area contributed by atoms with Crippen molar-refractivity contribution in [3.63, 3.8) is 0 Å². The van der Waals surface area contributed by atoms with E-state index < -0.39 is 0 Å². The maximum atomic E-state index is 5.96. The normalized spacial score (nSPS) is 10.7. The van der Waals surface area contributed by atoms with Crippen molar-refractivity contribution in [3.05, 3.63) is 37.9 Å². The van der Waals surface area contributed by atoms with E-state index in [2.05, 4.69) is 21.1 Å². The van der Waals surface area contributed by atoms with Crippen LogP contribution in [0, 0.1) is 0 Å². The molecular formula is C9H3BrCl3NO. The molecule has 0 saturated carbocycles. The summed E-state index contributed by atoms with van der Waals surface area (Å²) in [7, 11) is 0. The predicted molar refractivity (Wildman–Crippen MR) is 64.7 cm³/mol. The molecule has 0 N–H and O–H groups in total. The molecule has 1 heterocycles. The van der Waals surface area contributed by atoms with E-state index in [1.54, 1.807) is 18.2 Å². The highest BCUT2D eigenvalue weighted by Crippen LogP contribution is 2.35. The second-order valence-corrected chi connectivity index (χ2v) is 4.66. The lowest BCUT2D eigenvalue weighted by molar-refractivity contribution is 0.402. The summed E-state index contributed by atoms with van der Waals surface area (Å²) < 4.78 is 5.27. The van der Waals surface area contributed by atoms with Crippen molar-refractivity contribution in [2.75, 3.05) is 0 Å². The molecule has 0 spiro atoms. The highest BCUT2D eigenvalue weighted by molar-refractivity contribution is 9.10. The first kappa shape index (κ1) is 11.3. The smallest absolute Gasteiger partial charge is 0.221 e. The fourth-order valence-electron chi connectivity index (χ4n) is 1.08. The van der Waals surface area contributed by atoms with Crippen LogP contribution in [0.1, 0.15) is 0 Å². The molecule has 1 aromatic carbocycles. The Kier molecular flexibility index (Phi) is 3.26. The lowest BCUT2D eigenvalue weighted by Gasteiger charge is -1.99. The summed E-state index contributed by atoms with van der Waals surface area (Å²) in [6, 6.07) is 5.13. The van der Waals surface area contributed by atoms with Crippen molar-refractivity contribution in [3.8, 4) is 11.3 Å². The molecule has 0 aliphatic rings. The topological polar surface area (TPSA) is 26.0 Å². The molecule has 0 atom stereocenters. The minimum absolute atomic E-state index is 0.394. The molecule has 6 heteroatoms. The number of hydrogen-bond donors (Lipinski definition) is 0. The standard InChI is InChI=1S/C9H3BrCl3NO/c10-9-7(13)8(14-15-9)4-1-2-5(11)6(12)3-4/h1-3H. The van der Waals surface area contributed by atoms with Crippen molar-refractivity contribution >= 4 is 50.7 Å². The van der Waals surface area contributed by atoms with Gasteiger partial charge in [0.25, 0.3) is 0 Å². The quantitative estimate of drug-likeness (QED) is 0.731. The molecule has 78 valence electrons. The Balaban J connectivity index is 2.55. The summed E-state index contributed by atoms with van der Waals surface area (Å²) in [5, 5.41) is 5.15. The first-order chi connectivity index (χ1) is 7.09.